The zero-order chi connectivity index (χ0) is 19.3. The zero-order valence-corrected chi connectivity index (χ0v) is 14.4. The third-order valence-corrected chi connectivity index (χ3v) is 4.47. The van der Waals surface area contributed by atoms with Crippen LogP contribution in [0.15, 0.2) is 53.9 Å². The number of rotatable bonds is 3. The summed E-state index contributed by atoms with van der Waals surface area (Å²) < 4.78 is 38.9. The first kappa shape index (κ1) is 16.5. The molecule has 0 radical (unpaired) electrons. The van der Waals surface area contributed by atoms with Crippen molar-refractivity contribution in [2.45, 2.75) is 6.43 Å². The third kappa shape index (κ3) is 2.81. The van der Waals surface area contributed by atoms with Crippen LogP contribution in [0.1, 0.15) is 10.4 Å². The Bertz CT molecular complexity index is 1080. The van der Waals surface area contributed by atoms with E-state index in [1.807, 2.05) is 0 Å². The van der Waals surface area contributed by atoms with Gasteiger partial charge in [-0.2, -0.15) is 5.10 Å². The monoisotopic (exact) mass is 384 g/mol. The number of fused-ring (bicyclic) bond motifs is 2. The quantitative estimate of drug-likeness (QED) is 0.850. The summed E-state index contributed by atoms with van der Waals surface area (Å²) in [5.41, 5.74) is 1.68. The lowest BCUT2D eigenvalue weighted by Gasteiger charge is -2.21. The Morgan fingerprint density at radius 3 is 2.75 bits per heavy atom. The summed E-state index contributed by atoms with van der Waals surface area (Å²) in [6.07, 6.45) is 3.46. The van der Waals surface area contributed by atoms with Crippen molar-refractivity contribution in [1.29, 1.82) is 0 Å². The average Bonchev–Trinajstić information content (AvgIpc) is 3.46. The van der Waals surface area contributed by atoms with Crippen molar-refractivity contribution >= 4 is 23.1 Å². The van der Waals surface area contributed by atoms with Crippen LogP contribution in [0.25, 0.3) is 5.70 Å². The van der Waals surface area contributed by atoms with Crippen molar-refractivity contribution in [3.63, 3.8) is 0 Å². The number of ether oxygens (including phenoxy) is 2. The number of hydrogen-bond acceptors (Lipinski definition) is 5. The first-order valence-electron chi connectivity index (χ1n) is 8.58. The summed E-state index contributed by atoms with van der Waals surface area (Å²) in [7, 11) is 0. The Kier molecular flexibility index (Phi) is 3.68. The van der Waals surface area contributed by atoms with E-state index in [9.17, 15) is 13.6 Å². The smallest absolute Gasteiger partial charge is 0.280 e. The minimum Gasteiger partial charge on any atom is -0.486 e. The van der Waals surface area contributed by atoms with Gasteiger partial charge in [-0.1, -0.05) is 12.2 Å². The highest BCUT2D eigenvalue weighted by Gasteiger charge is 2.29. The maximum absolute atomic E-state index is 13.4. The van der Waals surface area contributed by atoms with Gasteiger partial charge >= 0.3 is 0 Å². The number of aromatic nitrogens is 2. The Labute approximate surface area is 157 Å². The van der Waals surface area contributed by atoms with Crippen molar-refractivity contribution in [2.75, 3.05) is 23.8 Å². The molecule has 0 spiro atoms. The van der Waals surface area contributed by atoms with Crippen LogP contribution in [0.2, 0.25) is 0 Å². The van der Waals surface area contributed by atoms with Gasteiger partial charge in [0.05, 0.1) is 6.20 Å². The van der Waals surface area contributed by atoms with Crippen molar-refractivity contribution in [2.24, 2.45) is 0 Å². The van der Waals surface area contributed by atoms with Gasteiger partial charge in [0.25, 0.3) is 12.3 Å². The number of carbonyl (C=O) groups excluding carboxylic acids is 1. The van der Waals surface area contributed by atoms with Crippen LogP contribution in [0, 0.1) is 0 Å². The predicted octanol–water partition coefficient (Wildman–Crippen LogP) is 3.26. The fraction of sp³-hybridized carbons (Fsp3) is 0.158. The van der Waals surface area contributed by atoms with E-state index in [4.69, 9.17) is 9.47 Å². The van der Waals surface area contributed by atoms with Gasteiger partial charge in [0, 0.05) is 17.5 Å². The summed E-state index contributed by atoms with van der Waals surface area (Å²) >= 11 is 0. The van der Waals surface area contributed by atoms with Crippen molar-refractivity contribution in [1.82, 2.24) is 9.78 Å². The van der Waals surface area contributed by atoms with Crippen LogP contribution in [-0.4, -0.2) is 35.3 Å². The predicted molar refractivity (Wildman–Crippen MR) is 97.7 cm³/mol. The van der Waals surface area contributed by atoms with Crippen LogP contribution in [-0.2, 0) is 0 Å². The second-order valence-corrected chi connectivity index (χ2v) is 6.33. The van der Waals surface area contributed by atoms with E-state index in [1.165, 1.54) is 12.3 Å². The minimum atomic E-state index is -2.73. The molecule has 1 amide bonds. The highest BCUT2D eigenvalue weighted by Crippen LogP contribution is 2.35. The van der Waals surface area contributed by atoms with Crippen molar-refractivity contribution in [3.05, 3.63) is 59.5 Å². The Hall–Kier alpha value is -3.62. The molecule has 0 saturated heterocycles. The van der Waals surface area contributed by atoms with E-state index >= 15 is 0 Å². The van der Waals surface area contributed by atoms with E-state index in [2.05, 4.69) is 15.7 Å². The molecule has 7 nitrogen and oxygen atoms in total. The molecule has 5 rings (SSSR count). The van der Waals surface area contributed by atoms with Crippen molar-refractivity contribution in [3.8, 4) is 11.5 Å². The number of hydrogen-bond donors (Lipinski definition) is 2. The van der Waals surface area contributed by atoms with Gasteiger partial charge in [-0.15, -0.1) is 0 Å². The molecule has 0 saturated carbocycles. The molecule has 142 valence electrons. The van der Waals surface area contributed by atoms with Gasteiger partial charge in [-0.3, -0.25) is 4.79 Å². The third-order valence-electron chi connectivity index (χ3n) is 4.47. The van der Waals surface area contributed by atoms with Crippen LogP contribution < -0.4 is 20.1 Å². The molecular formula is C19H14F2N4O3. The maximum Gasteiger partial charge on any atom is 0.280 e. The molecule has 3 heterocycles. The van der Waals surface area contributed by atoms with E-state index < -0.39 is 12.3 Å². The van der Waals surface area contributed by atoms with Crippen molar-refractivity contribution < 1.29 is 23.0 Å². The molecule has 2 aliphatic heterocycles. The maximum atomic E-state index is 13.4. The topological polar surface area (TPSA) is 77.4 Å². The van der Waals surface area contributed by atoms with Crippen LogP contribution in [0.3, 0.4) is 0 Å². The average molecular weight is 384 g/mol. The molecule has 9 heteroatoms. The molecule has 0 atom stereocenters. The minimum absolute atomic E-state index is 0.153. The molecule has 0 fully saturated rings. The number of anilines is 2. The van der Waals surface area contributed by atoms with Crippen LogP contribution in [0.4, 0.5) is 20.3 Å². The SMILES string of the molecule is O=C(Nc1ccc2c(c1)OCCO2)c1cnn2c1NC(=C1C=C1)C=C2C(F)F. The summed E-state index contributed by atoms with van der Waals surface area (Å²) in [4.78, 5) is 12.8. The summed E-state index contributed by atoms with van der Waals surface area (Å²) in [5.74, 6) is 0.862. The molecular weight excluding hydrogens is 370 g/mol. The van der Waals surface area contributed by atoms with Crippen LogP contribution in [0.5, 0.6) is 11.5 Å². The summed E-state index contributed by atoms with van der Waals surface area (Å²) in [5, 5.41) is 9.72. The second kappa shape index (κ2) is 6.22. The standard InChI is InChI=1S/C19H14F2N4O3/c20-17(21)14-8-13(10-1-2-10)24-18-12(9-22-25(14)18)19(26)23-11-3-4-15-16(7-11)28-6-5-27-15/h1-4,7-9,17,24H,5-6H2,(H,23,26). The first-order valence-corrected chi connectivity index (χ1v) is 8.58. The van der Waals surface area contributed by atoms with Gasteiger partial charge in [-0.25, -0.2) is 13.5 Å². The van der Waals surface area contributed by atoms with E-state index in [0.29, 0.717) is 36.1 Å². The number of benzene rings is 1. The Balaban J connectivity index is 1.44. The van der Waals surface area contributed by atoms with Gasteiger partial charge < -0.3 is 20.1 Å². The van der Waals surface area contributed by atoms with Crippen LogP contribution >= 0.6 is 0 Å². The Morgan fingerprint density at radius 1 is 1.21 bits per heavy atom. The van der Waals surface area contributed by atoms with Gasteiger partial charge in [-0.05, 0) is 23.8 Å². The normalized spacial score (nSPS) is 16.5. The fourth-order valence-corrected chi connectivity index (χ4v) is 3.06. The molecule has 0 unspecified atom stereocenters. The zero-order valence-electron chi connectivity index (χ0n) is 14.4. The number of alkyl halides is 2. The lowest BCUT2D eigenvalue weighted by Crippen LogP contribution is -2.20. The van der Waals surface area contributed by atoms with Gasteiger partial charge in [0.1, 0.15) is 30.3 Å². The molecule has 1 aromatic carbocycles. The Morgan fingerprint density at radius 2 is 2.00 bits per heavy atom. The van der Waals surface area contributed by atoms with E-state index in [-0.39, 0.29) is 17.1 Å². The van der Waals surface area contributed by atoms with Gasteiger partial charge in [0.15, 0.2) is 11.5 Å². The number of halogens is 2. The van der Waals surface area contributed by atoms with E-state index in [1.54, 1.807) is 30.4 Å². The highest BCUT2D eigenvalue weighted by molar-refractivity contribution is 6.08. The summed E-state index contributed by atoms with van der Waals surface area (Å²) in [6.45, 7) is 0.902. The molecule has 2 N–H and O–H groups in total. The number of nitrogens with one attached hydrogen (secondary N) is 2. The molecule has 28 heavy (non-hydrogen) atoms. The largest absolute Gasteiger partial charge is 0.486 e. The number of allylic oxidation sites excluding steroid dienone is 5. The molecule has 0 bridgehead atoms. The van der Waals surface area contributed by atoms with E-state index in [0.717, 1.165) is 10.3 Å². The molecule has 2 aromatic rings. The lowest BCUT2D eigenvalue weighted by molar-refractivity contribution is 0.102. The lowest BCUT2D eigenvalue weighted by atomic mass is 10.2. The first-order chi connectivity index (χ1) is 13.6. The number of carbonyl (C=O) groups is 1. The second-order valence-electron chi connectivity index (χ2n) is 6.33. The fourth-order valence-electron chi connectivity index (χ4n) is 3.06. The van der Waals surface area contributed by atoms with Gasteiger partial charge in [0.2, 0.25) is 0 Å². The number of nitrogens with zero attached hydrogens (tertiary/aromatic N) is 2. The summed E-state index contributed by atoms with van der Waals surface area (Å²) in [6, 6.07) is 5.04. The molecule has 1 aromatic heterocycles. The highest BCUT2D eigenvalue weighted by atomic mass is 19.3. The molecule has 1 aliphatic carbocycles. The number of amides is 1. The molecule has 3 aliphatic rings.